The summed E-state index contributed by atoms with van der Waals surface area (Å²) in [7, 11) is 0. The number of rotatable bonds is 9. The first-order valence-electron chi connectivity index (χ1n) is 9.90. The standard InChI is InChI=1S/C23H25ClN2O4/c1-3-20(23(28)29-4-2)30-16-10-11-19-17(12-16)18(13-21(25)27)22(24)26(19)14-15-8-6-5-7-9-15/h5-12,20H,3-4,13-14H2,1-2H3,(H2,25,27). The molecule has 0 aliphatic heterocycles. The fourth-order valence-corrected chi connectivity index (χ4v) is 3.73. The smallest absolute Gasteiger partial charge is 0.347 e. The zero-order chi connectivity index (χ0) is 21.7. The van der Waals surface area contributed by atoms with Gasteiger partial charge < -0.3 is 19.8 Å². The van der Waals surface area contributed by atoms with Gasteiger partial charge in [0.1, 0.15) is 10.9 Å². The number of hydrogen-bond donors (Lipinski definition) is 1. The van der Waals surface area contributed by atoms with Crippen molar-refractivity contribution in [3.05, 3.63) is 64.8 Å². The molecule has 1 heterocycles. The van der Waals surface area contributed by atoms with E-state index in [0.717, 1.165) is 16.5 Å². The number of fused-ring (bicyclic) bond motifs is 1. The molecule has 7 heteroatoms. The first-order chi connectivity index (χ1) is 14.4. The number of nitrogens with two attached hydrogens (primary N) is 1. The van der Waals surface area contributed by atoms with Gasteiger partial charge in [0, 0.05) is 17.5 Å². The summed E-state index contributed by atoms with van der Waals surface area (Å²) in [6, 6.07) is 15.4. The van der Waals surface area contributed by atoms with Gasteiger partial charge in [-0.05, 0) is 37.1 Å². The minimum absolute atomic E-state index is 0.00958. The van der Waals surface area contributed by atoms with Crippen LogP contribution in [0, 0.1) is 0 Å². The zero-order valence-corrected chi connectivity index (χ0v) is 17.8. The van der Waals surface area contributed by atoms with Crippen molar-refractivity contribution in [2.45, 2.75) is 39.3 Å². The maximum atomic E-state index is 12.1. The summed E-state index contributed by atoms with van der Waals surface area (Å²) in [4.78, 5) is 23.7. The number of ether oxygens (including phenoxy) is 2. The molecular weight excluding hydrogens is 404 g/mol. The highest BCUT2D eigenvalue weighted by Gasteiger charge is 2.22. The molecule has 0 bridgehead atoms. The first kappa shape index (κ1) is 21.7. The van der Waals surface area contributed by atoms with Gasteiger partial charge in [0.25, 0.3) is 0 Å². The van der Waals surface area contributed by atoms with Crippen LogP contribution in [0.4, 0.5) is 0 Å². The maximum absolute atomic E-state index is 12.1. The van der Waals surface area contributed by atoms with Gasteiger partial charge in [-0.2, -0.15) is 0 Å². The molecule has 1 unspecified atom stereocenters. The molecule has 158 valence electrons. The van der Waals surface area contributed by atoms with Gasteiger partial charge in [0.05, 0.1) is 18.5 Å². The zero-order valence-electron chi connectivity index (χ0n) is 17.1. The highest BCUT2D eigenvalue weighted by molar-refractivity contribution is 6.32. The SMILES string of the molecule is CCOC(=O)C(CC)Oc1ccc2c(c1)c(CC(N)=O)c(Cl)n2Cc1ccccc1. The highest BCUT2D eigenvalue weighted by atomic mass is 35.5. The number of nitrogens with zero attached hydrogens (tertiary/aromatic N) is 1. The molecule has 0 spiro atoms. The van der Waals surface area contributed by atoms with Crippen LogP contribution in [0.1, 0.15) is 31.4 Å². The van der Waals surface area contributed by atoms with Gasteiger partial charge in [0.2, 0.25) is 5.91 Å². The van der Waals surface area contributed by atoms with E-state index in [9.17, 15) is 9.59 Å². The predicted octanol–water partition coefficient (Wildman–Crippen LogP) is 4.09. The second-order valence-corrected chi connectivity index (χ2v) is 7.29. The van der Waals surface area contributed by atoms with Crippen LogP contribution in [0.3, 0.4) is 0 Å². The molecule has 0 saturated carbocycles. The second kappa shape index (κ2) is 9.67. The highest BCUT2D eigenvalue weighted by Crippen LogP contribution is 2.34. The van der Waals surface area contributed by atoms with Crippen LogP contribution < -0.4 is 10.5 Å². The van der Waals surface area contributed by atoms with E-state index in [2.05, 4.69) is 0 Å². The average molecular weight is 429 g/mol. The third kappa shape index (κ3) is 4.76. The number of benzene rings is 2. The fraction of sp³-hybridized carbons (Fsp3) is 0.304. The van der Waals surface area contributed by atoms with Gasteiger partial charge in [0.15, 0.2) is 6.10 Å². The van der Waals surface area contributed by atoms with Crippen LogP contribution in [0.2, 0.25) is 5.15 Å². The topological polar surface area (TPSA) is 83.6 Å². The molecule has 0 aliphatic carbocycles. The fourth-order valence-electron chi connectivity index (χ4n) is 3.41. The van der Waals surface area contributed by atoms with Crippen molar-refractivity contribution in [2.75, 3.05) is 6.61 Å². The van der Waals surface area contributed by atoms with Crippen LogP contribution in [0.25, 0.3) is 10.9 Å². The minimum atomic E-state index is -0.705. The molecule has 1 aromatic heterocycles. The van der Waals surface area contributed by atoms with Crippen LogP contribution in [0.5, 0.6) is 5.75 Å². The molecule has 0 saturated heterocycles. The summed E-state index contributed by atoms with van der Waals surface area (Å²) in [6.45, 7) is 4.45. The molecule has 6 nitrogen and oxygen atoms in total. The number of primary amides is 1. The van der Waals surface area contributed by atoms with Gasteiger partial charge in [-0.3, -0.25) is 4.79 Å². The molecule has 30 heavy (non-hydrogen) atoms. The summed E-state index contributed by atoms with van der Waals surface area (Å²) in [5, 5.41) is 1.23. The number of esters is 1. The van der Waals surface area contributed by atoms with Crippen LogP contribution in [0.15, 0.2) is 48.5 Å². The number of carbonyl (C=O) groups is 2. The molecule has 1 atom stereocenters. The average Bonchev–Trinajstić information content (AvgIpc) is 2.98. The lowest BCUT2D eigenvalue weighted by Crippen LogP contribution is -2.28. The number of halogens is 1. The number of carbonyl (C=O) groups excluding carboxylic acids is 2. The van der Waals surface area contributed by atoms with Crippen molar-refractivity contribution >= 4 is 34.4 Å². The molecule has 3 rings (SSSR count). The number of hydrogen-bond acceptors (Lipinski definition) is 4. The Morgan fingerprint density at radius 2 is 1.87 bits per heavy atom. The Balaban J connectivity index is 2.02. The van der Waals surface area contributed by atoms with Gasteiger partial charge in [-0.1, -0.05) is 48.9 Å². The normalized spacial score (nSPS) is 12.0. The summed E-state index contributed by atoms with van der Waals surface area (Å²) >= 11 is 6.66. The summed E-state index contributed by atoms with van der Waals surface area (Å²) in [5.74, 6) is -0.376. The Morgan fingerprint density at radius 1 is 1.13 bits per heavy atom. The van der Waals surface area contributed by atoms with Gasteiger partial charge in [-0.15, -0.1) is 0 Å². The molecule has 0 fully saturated rings. The van der Waals surface area contributed by atoms with E-state index in [4.69, 9.17) is 26.8 Å². The van der Waals surface area contributed by atoms with E-state index in [1.54, 1.807) is 19.1 Å². The van der Waals surface area contributed by atoms with E-state index in [1.165, 1.54) is 0 Å². The van der Waals surface area contributed by atoms with Crippen molar-refractivity contribution in [1.29, 1.82) is 0 Å². The molecule has 3 aromatic rings. The maximum Gasteiger partial charge on any atom is 0.347 e. The Morgan fingerprint density at radius 3 is 2.50 bits per heavy atom. The molecule has 0 aliphatic rings. The van der Waals surface area contributed by atoms with E-state index < -0.39 is 18.0 Å². The van der Waals surface area contributed by atoms with Crippen molar-refractivity contribution in [3.63, 3.8) is 0 Å². The Bertz CT molecular complexity index is 1050. The quantitative estimate of drug-likeness (QED) is 0.520. The van der Waals surface area contributed by atoms with Gasteiger partial charge in [-0.25, -0.2) is 4.79 Å². The third-order valence-electron chi connectivity index (χ3n) is 4.80. The first-order valence-corrected chi connectivity index (χ1v) is 10.3. The van der Waals surface area contributed by atoms with Crippen LogP contribution >= 0.6 is 11.6 Å². The monoisotopic (exact) mass is 428 g/mol. The summed E-state index contributed by atoms with van der Waals surface area (Å²) < 4.78 is 12.9. The van der Waals surface area contributed by atoms with E-state index >= 15 is 0 Å². The van der Waals surface area contributed by atoms with E-state index in [1.807, 2.05) is 47.9 Å². The lowest BCUT2D eigenvalue weighted by molar-refractivity contribution is -0.151. The van der Waals surface area contributed by atoms with Crippen LogP contribution in [-0.4, -0.2) is 29.2 Å². The largest absolute Gasteiger partial charge is 0.479 e. The van der Waals surface area contributed by atoms with Crippen molar-refractivity contribution in [1.82, 2.24) is 4.57 Å². The summed E-state index contributed by atoms with van der Waals surface area (Å²) in [5.41, 5.74) is 8.04. The van der Waals surface area contributed by atoms with Crippen molar-refractivity contribution in [2.24, 2.45) is 5.73 Å². The number of aromatic nitrogens is 1. The molecule has 2 aromatic carbocycles. The Hall–Kier alpha value is -2.99. The van der Waals surface area contributed by atoms with Crippen LogP contribution in [-0.2, 0) is 27.3 Å². The Kier molecular flexibility index (Phi) is 7.00. The molecule has 0 radical (unpaired) electrons. The molecule has 1 amide bonds. The van der Waals surface area contributed by atoms with Crippen molar-refractivity contribution in [3.8, 4) is 5.75 Å². The molecular formula is C23H25ClN2O4. The predicted molar refractivity (Wildman–Crippen MR) is 117 cm³/mol. The number of amides is 1. The minimum Gasteiger partial charge on any atom is -0.479 e. The Labute approximate surface area is 180 Å². The lowest BCUT2D eigenvalue weighted by Gasteiger charge is -2.16. The molecule has 2 N–H and O–H groups in total. The third-order valence-corrected chi connectivity index (χ3v) is 5.24. The lowest BCUT2D eigenvalue weighted by atomic mass is 10.1. The summed E-state index contributed by atoms with van der Waals surface area (Å²) in [6.07, 6.45) is -0.222. The van der Waals surface area contributed by atoms with Crippen molar-refractivity contribution < 1.29 is 19.1 Å². The van der Waals surface area contributed by atoms with Gasteiger partial charge >= 0.3 is 5.97 Å². The van der Waals surface area contributed by atoms with E-state index in [-0.39, 0.29) is 6.42 Å². The van der Waals surface area contributed by atoms with E-state index in [0.29, 0.717) is 36.0 Å². The second-order valence-electron chi connectivity index (χ2n) is 6.93.